The number of aromatic nitrogens is 2. The van der Waals surface area contributed by atoms with Crippen molar-refractivity contribution < 1.29 is 8.42 Å². The fourth-order valence-electron chi connectivity index (χ4n) is 2.78. The first-order valence-corrected chi connectivity index (χ1v) is 8.79. The maximum absolute atomic E-state index is 12.3. The lowest BCUT2D eigenvalue weighted by Crippen LogP contribution is -2.45. The third-order valence-corrected chi connectivity index (χ3v) is 5.40. The van der Waals surface area contributed by atoms with Gasteiger partial charge in [-0.25, -0.2) is 18.1 Å². The number of nitrogens with one attached hydrogen (secondary N) is 1. The van der Waals surface area contributed by atoms with Crippen LogP contribution in [0.5, 0.6) is 0 Å². The quantitative estimate of drug-likeness (QED) is 0.824. The van der Waals surface area contributed by atoms with E-state index < -0.39 is 10.0 Å². The molecule has 0 aliphatic heterocycles. The minimum Gasteiger partial charge on any atom is -0.336 e. The maximum atomic E-state index is 12.3. The van der Waals surface area contributed by atoms with Crippen molar-refractivity contribution in [3.05, 3.63) is 12.5 Å². The van der Waals surface area contributed by atoms with Gasteiger partial charge in [0.15, 0.2) is 5.03 Å². The van der Waals surface area contributed by atoms with E-state index in [1.54, 1.807) is 10.8 Å². The SMILES string of the molecule is CCn1cnc(S(=O)(=O)NC(CN)C2CCCCC2)c1.Cl. The molecule has 0 saturated heterocycles. The van der Waals surface area contributed by atoms with Crippen molar-refractivity contribution in [2.24, 2.45) is 11.7 Å². The molecule has 0 bridgehead atoms. The number of halogens is 1. The third kappa shape index (κ3) is 4.67. The summed E-state index contributed by atoms with van der Waals surface area (Å²) in [5, 5.41) is 0.0774. The van der Waals surface area contributed by atoms with Crippen LogP contribution in [0.4, 0.5) is 0 Å². The first kappa shape index (κ1) is 18.4. The molecule has 1 aromatic heterocycles. The Labute approximate surface area is 133 Å². The standard InChI is InChI=1S/C13H24N4O2S.ClH/c1-2-17-9-13(15-10-17)20(18,19)16-12(8-14)11-6-4-3-5-7-11;/h9-12,16H,2-8,14H2,1H3;1H. The Morgan fingerprint density at radius 3 is 2.62 bits per heavy atom. The smallest absolute Gasteiger partial charge is 0.259 e. The van der Waals surface area contributed by atoms with Crippen LogP contribution in [0.25, 0.3) is 0 Å². The molecular formula is C13H25ClN4O2S. The molecule has 1 aliphatic rings. The van der Waals surface area contributed by atoms with E-state index in [9.17, 15) is 8.42 Å². The Balaban J connectivity index is 0.00000220. The number of hydrogen-bond donors (Lipinski definition) is 2. The summed E-state index contributed by atoms with van der Waals surface area (Å²) in [4.78, 5) is 3.96. The highest BCUT2D eigenvalue weighted by Crippen LogP contribution is 2.26. The molecule has 1 unspecified atom stereocenters. The van der Waals surface area contributed by atoms with Crippen molar-refractivity contribution in [2.75, 3.05) is 6.54 Å². The van der Waals surface area contributed by atoms with Crippen LogP contribution < -0.4 is 10.5 Å². The van der Waals surface area contributed by atoms with Gasteiger partial charge in [0.2, 0.25) is 0 Å². The normalized spacial score (nSPS) is 18.2. The lowest BCUT2D eigenvalue weighted by Gasteiger charge is -2.29. The third-order valence-electron chi connectivity index (χ3n) is 4.03. The molecule has 1 aliphatic carbocycles. The van der Waals surface area contributed by atoms with Crippen LogP contribution in [0.2, 0.25) is 0 Å². The number of aryl methyl sites for hydroxylation is 1. The van der Waals surface area contributed by atoms with Crippen LogP contribution in [-0.2, 0) is 16.6 Å². The Hall–Kier alpha value is -0.630. The highest BCUT2D eigenvalue weighted by molar-refractivity contribution is 7.89. The molecule has 2 rings (SSSR count). The molecule has 21 heavy (non-hydrogen) atoms. The van der Waals surface area contributed by atoms with Crippen LogP contribution in [0.15, 0.2) is 17.6 Å². The topological polar surface area (TPSA) is 90.0 Å². The van der Waals surface area contributed by atoms with Crippen LogP contribution in [0, 0.1) is 5.92 Å². The fourth-order valence-corrected chi connectivity index (χ4v) is 4.05. The average molecular weight is 337 g/mol. The summed E-state index contributed by atoms with van der Waals surface area (Å²) in [6.07, 6.45) is 8.74. The first-order chi connectivity index (χ1) is 9.56. The second kappa shape index (κ2) is 8.12. The van der Waals surface area contributed by atoms with Crippen molar-refractivity contribution in [1.29, 1.82) is 0 Å². The maximum Gasteiger partial charge on any atom is 0.259 e. The van der Waals surface area contributed by atoms with Crippen molar-refractivity contribution >= 4 is 22.4 Å². The van der Waals surface area contributed by atoms with E-state index in [-0.39, 0.29) is 23.5 Å². The summed E-state index contributed by atoms with van der Waals surface area (Å²) in [7, 11) is -3.57. The van der Waals surface area contributed by atoms with Gasteiger partial charge in [0.25, 0.3) is 10.0 Å². The monoisotopic (exact) mass is 336 g/mol. The average Bonchev–Trinajstić information content (AvgIpc) is 2.95. The van der Waals surface area contributed by atoms with E-state index in [4.69, 9.17) is 5.73 Å². The summed E-state index contributed by atoms with van der Waals surface area (Å²) in [6.45, 7) is 2.97. The Kier molecular flexibility index (Phi) is 7.12. The van der Waals surface area contributed by atoms with Crippen LogP contribution >= 0.6 is 12.4 Å². The van der Waals surface area contributed by atoms with Gasteiger partial charge in [-0.2, -0.15) is 0 Å². The van der Waals surface area contributed by atoms with Crippen molar-refractivity contribution in [1.82, 2.24) is 14.3 Å². The Bertz CT molecular complexity index is 526. The molecule has 1 heterocycles. The lowest BCUT2D eigenvalue weighted by molar-refractivity contribution is 0.294. The molecule has 1 fully saturated rings. The van der Waals surface area contributed by atoms with E-state index in [1.165, 1.54) is 12.7 Å². The number of imidazole rings is 1. The highest BCUT2D eigenvalue weighted by Gasteiger charge is 2.28. The van der Waals surface area contributed by atoms with Crippen LogP contribution in [-0.4, -0.2) is 30.6 Å². The summed E-state index contributed by atoms with van der Waals surface area (Å²) < 4.78 is 29.1. The number of rotatable bonds is 6. The van der Waals surface area contributed by atoms with Crippen LogP contribution in [0.1, 0.15) is 39.0 Å². The second-order valence-corrected chi connectivity index (χ2v) is 7.06. The summed E-state index contributed by atoms with van der Waals surface area (Å²) in [5.41, 5.74) is 5.77. The zero-order chi connectivity index (χ0) is 14.6. The second-order valence-electron chi connectivity index (χ2n) is 5.40. The number of nitrogens with two attached hydrogens (primary N) is 1. The molecule has 0 aromatic carbocycles. The summed E-state index contributed by atoms with van der Waals surface area (Å²) >= 11 is 0. The van der Waals surface area contributed by atoms with E-state index in [0.29, 0.717) is 19.0 Å². The summed E-state index contributed by atoms with van der Waals surface area (Å²) in [5.74, 6) is 0.344. The molecule has 8 heteroatoms. The van der Waals surface area contributed by atoms with Gasteiger partial charge in [0.05, 0.1) is 6.33 Å². The highest BCUT2D eigenvalue weighted by atomic mass is 35.5. The number of nitrogens with zero attached hydrogens (tertiary/aromatic N) is 2. The zero-order valence-electron chi connectivity index (χ0n) is 12.4. The van der Waals surface area contributed by atoms with Crippen molar-refractivity contribution in [3.63, 3.8) is 0 Å². The molecule has 6 nitrogen and oxygen atoms in total. The van der Waals surface area contributed by atoms with Crippen molar-refractivity contribution in [2.45, 2.75) is 56.6 Å². The van der Waals surface area contributed by atoms with Gasteiger partial charge < -0.3 is 10.3 Å². The summed E-state index contributed by atoms with van der Waals surface area (Å²) in [6, 6.07) is -0.188. The molecule has 0 radical (unpaired) electrons. The Morgan fingerprint density at radius 2 is 2.10 bits per heavy atom. The van der Waals surface area contributed by atoms with E-state index in [1.807, 2.05) is 6.92 Å². The van der Waals surface area contributed by atoms with Gasteiger partial charge in [-0.1, -0.05) is 19.3 Å². The van der Waals surface area contributed by atoms with Crippen molar-refractivity contribution in [3.8, 4) is 0 Å². The van der Waals surface area contributed by atoms with E-state index >= 15 is 0 Å². The van der Waals surface area contributed by atoms with Gasteiger partial charge >= 0.3 is 0 Å². The molecule has 1 aromatic rings. The molecule has 0 amide bonds. The van der Waals surface area contributed by atoms with Crippen LogP contribution in [0.3, 0.4) is 0 Å². The van der Waals surface area contributed by atoms with E-state index in [2.05, 4.69) is 9.71 Å². The molecule has 3 N–H and O–H groups in total. The first-order valence-electron chi connectivity index (χ1n) is 7.31. The largest absolute Gasteiger partial charge is 0.336 e. The molecule has 122 valence electrons. The minimum absolute atomic E-state index is 0. The predicted molar refractivity (Wildman–Crippen MR) is 84.9 cm³/mol. The zero-order valence-corrected chi connectivity index (χ0v) is 14.0. The molecule has 0 spiro atoms. The minimum atomic E-state index is -3.57. The van der Waals surface area contributed by atoms with Gasteiger partial charge in [-0.3, -0.25) is 0 Å². The van der Waals surface area contributed by atoms with Gasteiger partial charge in [-0.15, -0.1) is 12.4 Å². The Morgan fingerprint density at radius 1 is 1.43 bits per heavy atom. The number of hydrogen-bond acceptors (Lipinski definition) is 4. The van der Waals surface area contributed by atoms with E-state index in [0.717, 1.165) is 25.7 Å². The molecule has 1 atom stereocenters. The molecule has 1 saturated carbocycles. The van der Waals surface area contributed by atoms with Gasteiger partial charge in [0, 0.05) is 25.3 Å². The molecular weight excluding hydrogens is 312 g/mol. The van der Waals surface area contributed by atoms with Gasteiger partial charge in [0.1, 0.15) is 0 Å². The lowest BCUT2D eigenvalue weighted by atomic mass is 9.84. The van der Waals surface area contributed by atoms with Gasteiger partial charge in [-0.05, 0) is 25.7 Å². The fraction of sp³-hybridized carbons (Fsp3) is 0.769. The number of sulfonamides is 1. The predicted octanol–water partition coefficient (Wildman–Crippen LogP) is 1.51.